The molecule has 52 heavy (non-hydrogen) atoms. The average molecular weight is 709 g/mol. The molecule has 0 spiro atoms. The average Bonchev–Trinajstić information content (AvgIpc) is 3.15. The number of amides is 1. The van der Waals surface area contributed by atoms with Crippen LogP contribution >= 0.6 is 0 Å². The third kappa shape index (κ3) is 7.05. The number of likely N-dealkylation sites (tertiary alicyclic amines) is 1. The number of rotatable bonds is 15. The van der Waals surface area contributed by atoms with Crippen molar-refractivity contribution in [1.82, 2.24) is 20.1 Å². The second-order valence-electron chi connectivity index (χ2n) is 14.6. The van der Waals surface area contributed by atoms with Crippen LogP contribution in [0.5, 0.6) is 11.5 Å². The number of phenols is 1. The monoisotopic (exact) mass is 708 g/mol. The van der Waals surface area contributed by atoms with Crippen LogP contribution in [-0.4, -0.2) is 93.9 Å². The maximum Gasteiger partial charge on any atom is 0.318 e. The smallest absolute Gasteiger partial charge is 0.318 e. The molecular formula is C41H48N4O7. The second kappa shape index (κ2) is 15.5. The van der Waals surface area contributed by atoms with Crippen molar-refractivity contribution in [3.63, 3.8) is 0 Å². The van der Waals surface area contributed by atoms with Gasteiger partial charge in [-0.25, -0.2) is 0 Å². The van der Waals surface area contributed by atoms with E-state index in [9.17, 15) is 29.7 Å². The molecule has 4 saturated heterocycles. The Labute approximate surface area is 303 Å². The Hall–Kier alpha value is -4.71. The Morgan fingerprint density at radius 2 is 1.69 bits per heavy atom. The molecule has 8 rings (SSSR count). The molecule has 4 aromatic rings. The normalized spacial score (nSPS) is 24.4. The van der Waals surface area contributed by atoms with E-state index in [4.69, 9.17) is 4.74 Å². The zero-order chi connectivity index (χ0) is 36.2. The number of carbonyl (C=O) groups excluding carboxylic acids is 1. The van der Waals surface area contributed by atoms with E-state index >= 15 is 0 Å². The van der Waals surface area contributed by atoms with Crippen molar-refractivity contribution in [3.8, 4) is 11.5 Å². The fourth-order valence-corrected chi connectivity index (χ4v) is 8.75. The van der Waals surface area contributed by atoms with Crippen molar-refractivity contribution >= 4 is 22.8 Å². The van der Waals surface area contributed by atoms with Crippen molar-refractivity contribution in [2.75, 3.05) is 45.9 Å². The van der Waals surface area contributed by atoms with Crippen LogP contribution in [-0.2, 0) is 10.2 Å². The first-order chi connectivity index (χ1) is 25.3. The van der Waals surface area contributed by atoms with E-state index in [-0.39, 0.29) is 29.7 Å². The van der Waals surface area contributed by atoms with E-state index < -0.39 is 23.5 Å². The third-order valence-electron chi connectivity index (χ3n) is 11.5. The van der Waals surface area contributed by atoms with Gasteiger partial charge in [-0.2, -0.15) is 0 Å². The van der Waals surface area contributed by atoms with Gasteiger partial charge in [0.05, 0.1) is 24.3 Å². The van der Waals surface area contributed by atoms with Crippen LogP contribution in [0.25, 0.3) is 10.9 Å². The number of hydrogen-bond acceptors (Lipinski definition) is 8. The number of nitrogens with zero attached hydrogens (tertiary/aromatic N) is 2. The van der Waals surface area contributed by atoms with Gasteiger partial charge in [-0.15, -0.1) is 0 Å². The topological polar surface area (TPSA) is 155 Å². The molecule has 4 fully saturated rings. The number of carboxylic acid groups (broad SMARTS) is 1. The molecule has 2 bridgehead atoms. The van der Waals surface area contributed by atoms with Gasteiger partial charge in [-0.05, 0) is 105 Å². The predicted octanol–water partition coefficient (Wildman–Crippen LogP) is 4.68. The molecule has 0 radical (unpaired) electrons. The molecule has 0 saturated carbocycles. The van der Waals surface area contributed by atoms with Crippen molar-refractivity contribution in [1.29, 1.82) is 0 Å². The molecule has 0 aliphatic carbocycles. The summed E-state index contributed by atoms with van der Waals surface area (Å²) in [5, 5.41) is 35.4. The summed E-state index contributed by atoms with van der Waals surface area (Å²) in [4.78, 5) is 45.5. The molecule has 11 heteroatoms. The van der Waals surface area contributed by atoms with Gasteiger partial charge in [-0.1, -0.05) is 49.2 Å². The van der Waals surface area contributed by atoms with Crippen LogP contribution < -0.4 is 15.6 Å². The molecule has 1 aromatic heterocycles. The number of H-pyrrole nitrogens is 1. The molecule has 5 N–H and O–H groups in total. The third-order valence-corrected chi connectivity index (χ3v) is 11.5. The van der Waals surface area contributed by atoms with E-state index in [1.54, 1.807) is 24.3 Å². The number of carboxylic acids is 1. The Kier molecular flexibility index (Phi) is 10.6. The standard InChI is InChI=1S/C41H48N4O7/c46-34-16-14-31(32-15-17-36(48)43-37(32)34)35(47)24-42-20-6-1-2-7-23-52-30-12-10-28(11-13-30)39(49)45-26-41(40(50)51,29-8-4-3-5-9-29)38(45)33-25-44-21-18-27(33)19-22-44/h3-5,8-17,27,33,35,38,42,46-47H,1-2,6-7,18-26H2,(H,43,48)(H,50,51). The SMILES string of the molecule is O=C(c1ccc(OCCCCCCNCC(O)c2ccc(O)c3[nH]c(=O)ccc23)cc1)N1CC(C(=O)O)(c2ccccc2)C1C1CN2CCC1CC2. The maximum absolute atomic E-state index is 14.0. The van der Waals surface area contributed by atoms with Gasteiger partial charge >= 0.3 is 5.97 Å². The predicted molar refractivity (Wildman–Crippen MR) is 198 cm³/mol. The van der Waals surface area contributed by atoms with Gasteiger partial charge in [-0.3, -0.25) is 14.4 Å². The van der Waals surface area contributed by atoms with E-state index in [1.807, 2.05) is 47.4 Å². The Balaban J connectivity index is 0.866. The van der Waals surface area contributed by atoms with Crippen molar-refractivity contribution in [2.24, 2.45) is 11.8 Å². The number of pyridine rings is 1. The van der Waals surface area contributed by atoms with Crippen molar-refractivity contribution in [2.45, 2.75) is 56.1 Å². The second-order valence-corrected chi connectivity index (χ2v) is 14.6. The number of aromatic amines is 1. The highest BCUT2D eigenvalue weighted by Gasteiger charge is 2.64. The zero-order valence-corrected chi connectivity index (χ0v) is 29.4. The molecule has 1 amide bonds. The van der Waals surface area contributed by atoms with E-state index in [0.717, 1.165) is 70.3 Å². The molecule has 4 unspecified atom stereocenters. The minimum atomic E-state index is -1.12. The summed E-state index contributed by atoms with van der Waals surface area (Å²) < 4.78 is 5.98. The number of aromatic nitrogens is 1. The van der Waals surface area contributed by atoms with Gasteiger partial charge in [0, 0.05) is 36.7 Å². The number of unbranched alkanes of at least 4 members (excludes halogenated alkanes) is 3. The van der Waals surface area contributed by atoms with Crippen LogP contribution in [0.2, 0.25) is 0 Å². The highest BCUT2D eigenvalue weighted by atomic mass is 16.5. The van der Waals surface area contributed by atoms with E-state index in [0.29, 0.717) is 46.8 Å². The summed E-state index contributed by atoms with van der Waals surface area (Å²) in [5.74, 6) is 0.205. The quantitative estimate of drug-likeness (QED) is 0.111. The number of aliphatic carboxylic acids is 1. The number of phenolic OH excluding ortho intramolecular Hbond substituents is 1. The van der Waals surface area contributed by atoms with Crippen molar-refractivity contribution in [3.05, 3.63) is 106 Å². The summed E-state index contributed by atoms with van der Waals surface area (Å²) in [6, 6.07) is 22.4. The first-order valence-electron chi connectivity index (χ1n) is 18.5. The number of ether oxygens (including phenoxy) is 1. The van der Waals surface area contributed by atoms with E-state index in [1.165, 1.54) is 12.1 Å². The number of aliphatic hydroxyl groups excluding tert-OH is 1. The largest absolute Gasteiger partial charge is 0.506 e. The number of benzene rings is 3. The van der Waals surface area contributed by atoms with Crippen LogP contribution in [0.4, 0.5) is 0 Å². The molecule has 3 aromatic carbocycles. The lowest BCUT2D eigenvalue weighted by Gasteiger charge is -2.61. The number of hydrogen-bond donors (Lipinski definition) is 5. The molecule has 4 aliphatic rings. The minimum absolute atomic E-state index is 0.0305. The lowest BCUT2D eigenvalue weighted by atomic mass is 9.58. The van der Waals surface area contributed by atoms with Crippen LogP contribution in [0, 0.1) is 11.8 Å². The number of fused-ring (bicyclic) bond motifs is 4. The molecule has 11 nitrogen and oxygen atoms in total. The van der Waals surface area contributed by atoms with Crippen LogP contribution in [0.1, 0.15) is 66.1 Å². The van der Waals surface area contributed by atoms with Gasteiger partial charge < -0.3 is 40.2 Å². The van der Waals surface area contributed by atoms with Gasteiger partial charge in [0.15, 0.2) is 0 Å². The zero-order valence-electron chi connectivity index (χ0n) is 29.4. The highest BCUT2D eigenvalue weighted by molar-refractivity contribution is 5.98. The molecule has 4 aliphatic heterocycles. The molecule has 5 heterocycles. The number of nitrogens with one attached hydrogen (secondary N) is 2. The van der Waals surface area contributed by atoms with E-state index in [2.05, 4.69) is 15.2 Å². The maximum atomic E-state index is 14.0. The Morgan fingerprint density at radius 3 is 2.40 bits per heavy atom. The first kappa shape index (κ1) is 35.7. The minimum Gasteiger partial charge on any atom is -0.506 e. The van der Waals surface area contributed by atoms with Crippen LogP contribution in [0.3, 0.4) is 0 Å². The van der Waals surface area contributed by atoms with Crippen LogP contribution in [0.15, 0.2) is 83.7 Å². The summed E-state index contributed by atoms with van der Waals surface area (Å²) >= 11 is 0. The summed E-state index contributed by atoms with van der Waals surface area (Å²) in [7, 11) is 0. The molecule has 274 valence electrons. The fraction of sp³-hybridized carbons (Fsp3) is 0.439. The molecule has 4 atom stereocenters. The number of aliphatic hydroxyl groups is 1. The summed E-state index contributed by atoms with van der Waals surface area (Å²) in [5.41, 5.74) is 0.844. The van der Waals surface area contributed by atoms with Gasteiger partial charge in [0.2, 0.25) is 5.56 Å². The Morgan fingerprint density at radius 1 is 0.942 bits per heavy atom. The number of aromatic hydroxyl groups is 1. The summed E-state index contributed by atoms with van der Waals surface area (Å²) in [6.07, 6.45) is 5.12. The fourth-order valence-electron chi connectivity index (χ4n) is 8.75. The lowest BCUT2D eigenvalue weighted by molar-refractivity contribution is -0.162. The number of piperidine rings is 3. The van der Waals surface area contributed by atoms with Gasteiger partial charge in [0.1, 0.15) is 16.9 Å². The number of carbonyl (C=O) groups is 2. The summed E-state index contributed by atoms with van der Waals surface area (Å²) in [6.45, 7) is 4.74. The molecular weight excluding hydrogens is 660 g/mol. The van der Waals surface area contributed by atoms with Crippen molar-refractivity contribution < 1.29 is 29.6 Å². The lowest BCUT2D eigenvalue weighted by Crippen LogP contribution is -2.76. The van der Waals surface area contributed by atoms with Gasteiger partial charge in [0.25, 0.3) is 5.91 Å². The highest BCUT2D eigenvalue weighted by Crippen LogP contribution is 2.50. The first-order valence-corrected chi connectivity index (χ1v) is 18.5. The Bertz CT molecular complexity index is 1930.